The molecule has 0 bridgehead atoms. The van der Waals surface area contributed by atoms with Gasteiger partial charge < -0.3 is 0 Å². The van der Waals surface area contributed by atoms with Gasteiger partial charge in [-0.1, -0.05) is 0 Å². The molecule has 10 heteroatoms. The molecule has 26 heavy (non-hydrogen) atoms. The van der Waals surface area contributed by atoms with Crippen LogP contribution in [0.5, 0.6) is 0 Å². The zero-order valence-corrected chi connectivity index (χ0v) is 16.0. The molecule has 1 aromatic carbocycles. The van der Waals surface area contributed by atoms with Crippen LogP contribution in [0.25, 0.3) is 5.69 Å². The van der Waals surface area contributed by atoms with Gasteiger partial charge in [-0.2, -0.15) is 18.2 Å². The van der Waals surface area contributed by atoms with Gasteiger partial charge in [0.05, 0.1) is 23.4 Å². The number of thioether (sulfide) groups is 1. The van der Waals surface area contributed by atoms with Crippen molar-refractivity contribution in [3.8, 4) is 5.69 Å². The van der Waals surface area contributed by atoms with Gasteiger partial charge in [-0.25, -0.2) is 4.39 Å². The number of nitrogens with zero attached hydrogens (tertiary/aromatic N) is 2. The molecule has 0 fully saturated rings. The molecular weight excluding hydrogens is 383 g/mol. The van der Waals surface area contributed by atoms with E-state index in [1.165, 1.54) is 31.2 Å². The Bertz CT molecular complexity index is 985. The predicted molar refractivity (Wildman–Crippen MR) is 96.1 cm³/mol. The fourth-order valence-corrected chi connectivity index (χ4v) is 3.56. The molecule has 0 amide bonds. The summed E-state index contributed by atoms with van der Waals surface area (Å²) in [4.78, 5) is 24.9. The molecule has 0 aliphatic rings. The number of hydrogen-bond acceptors (Lipinski definition) is 7. The molecule has 140 valence electrons. The standard InChI is InChI=1S/C16H17FN2O5S2/c1-10-14(11(2)20)18-19(13-6-4-12(17)5-7-13)16(21)15(10)25-9-8-24-26(3,22)23/h4-7H,8-9H2,1-3H3. The van der Waals surface area contributed by atoms with E-state index in [1.54, 1.807) is 6.92 Å². The summed E-state index contributed by atoms with van der Waals surface area (Å²) in [5.74, 6) is -0.602. The van der Waals surface area contributed by atoms with E-state index in [2.05, 4.69) is 9.28 Å². The van der Waals surface area contributed by atoms with Gasteiger partial charge in [-0.05, 0) is 36.8 Å². The molecule has 0 spiro atoms. The molecule has 0 aliphatic carbocycles. The third-order valence-electron chi connectivity index (χ3n) is 3.31. The van der Waals surface area contributed by atoms with Crippen LogP contribution in [-0.4, -0.2) is 42.6 Å². The van der Waals surface area contributed by atoms with Gasteiger partial charge in [-0.3, -0.25) is 13.8 Å². The molecule has 7 nitrogen and oxygen atoms in total. The van der Waals surface area contributed by atoms with Crippen LogP contribution in [0.2, 0.25) is 0 Å². The Morgan fingerprint density at radius 2 is 1.92 bits per heavy atom. The van der Waals surface area contributed by atoms with Crippen LogP contribution in [0, 0.1) is 12.7 Å². The number of carbonyl (C=O) groups is 1. The third-order valence-corrected chi connectivity index (χ3v) is 5.05. The van der Waals surface area contributed by atoms with Crippen molar-refractivity contribution in [2.24, 2.45) is 0 Å². The van der Waals surface area contributed by atoms with Gasteiger partial charge in [0.2, 0.25) is 0 Å². The maximum atomic E-state index is 13.1. The molecule has 1 heterocycles. The Labute approximate surface area is 154 Å². The van der Waals surface area contributed by atoms with Crippen molar-refractivity contribution in [3.05, 3.63) is 51.7 Å². The highest BCUT2D eigenvalue weighted by molar-refractivity contribution is 7.99. The number of Topliss-reactive ketones (excluding diaryl/α,β-unsaturated/α-hetero) is 1. The molecule has 0 aliphatic heterocycles. The number of benzene rings is 1. The van der Waals surface area contributed by atoms with Gasteiger partial charge >= 0.3 is 0 Å². The van der Waals surface area contributed by atoms with Gasteiger partial charge in [0.15, 0.2) is 5.78 Å². The van der Waals surface area contributed by atoms with Gasteiger partial charge in [0, 0.05) is 12.7 Å². The lowest BCUT2D eigenvalue weighted by atomic mass is 10.2. The van der Waals surface area contributed by atoms with Crippen molar-refractivity contribution < 1.29 is 21.8 Å². The van der Waals surface area contributed by atoms with E-state index in [0.717, 1.165) is 22.7 Å². The lowest BCUT2D eigenvalue weighted by Gasteiger charge is -2.13. The van der Waals surface area contributed by atoms with Gasteiger partial charge in [-0.15, -0.1) is 11.8 Å². The average Bonchev–Trinajstić information content (AvgIpc) is 2.54. The Morgan fingerprint density at radius 1 is 1.31 bits per heavy atom. The Morgan fingerprint density at radius 3 is 2.46 bits per heavy atom. The molecule has 1 aromatic heterocycles. The second-order valence-corrected chi connectivity index (χ2v) is 8.18. The molecule has 0 radical (unpaired) electrons. The van der Waals surface area contributed by atoms with Crippen LogP contribution in [0.15, 0.2) is 34.0 Å². The van der Waals surface area contributed by atoms with Crippen molar-refractivity contribution in [2.45, 2.75) is 18.7 Å². The van der Waals surface area contributed by atoms with Crippen LogP contribution in [0.1, 0.15) is 23.0 Å². The second-order valence-electron chi connectivity index (χ2n) is 5.43. The van der Waals surface area contributed by atoms with Crippen LogP contribution in [0.4, 0.5) is 4.39 Å². The lowest BCUT2D eigenvalue weighted by Crippen LogP contribution is -2.27. The van der Waals surface area contributed by atoms with Crippen molar-refractivity contribution in [2.75, 3.05) is 18.6 Å². The summed E-state index contributed by atoms with van der Waals surface area (Å²) < 4.78 is 40.8. The number of ketones is 1. The minimum atomic E-state index is -3.57. The summed E-state index contributed by atoms with van der Waals surface area (Å²) in [6, 6.07) is 5.13. The van der Waals surface area contributed by atoms with E-state index in [-0.39, 0.29) is 28.7 Å². The minimum Gasteiger partial charge on any atom is -0.293 e. The first-order chi connectivity index (χ1) is 12.1. The van der Waals surface area contributed by atoms with E-state index in [1.807, 2.05) is 0 Å². The highest BCUT2D eigenvalue weighted by Gasteiger charge is 2.18. The largest absolute Gasteiger partial charge is 0.293 e. The Balaban J connectivity index is 2.44. The monoisotopic (exact) mass is 400 g/mol. The van der Waals surface area contributed by atoms with Crippen LogP contribution >= 0.6 is 11.8 Å². The molecule has 2 rings (SSSR count). The molecule has 0 saturated heterocycles. The highest BCUT2D eigenvalue weighted by Crippen LogP contribution is 2.21. The molecule has 2 aromatic rings. The summed E-state index contributed by atoms with van der Waals surface area (Å²) in [5, 5.41) is 4.09. The summed E-state index contributed by atoms with van der Waals surface area (Å²) in [7, 11) is -3.57. The Hall–Kier alpha value is -2.04. The normalized spacial score (nSPS) is 11.5. The van der Waals surface area contributed by atoms with E-state index in [4.69, 9.17) is 0 Å². The van der Waals surface area contributed by atoms with Gasteiger partial charge in [0.1, 0.15) is 11.5 Å². The lowest BCUT2D eigenvalue weighted by molar-refractivity contribution is 0.101. The zero-order valence-electron chi connectivity index (χ0n) is 14.4. The predicted octanol–water partition coefficient (Wildman–Crippen LogP) is 1.95. The SMILES string of the molecule is CC(=O)c1nn(-c2ccc(F)cc2)c(=O)c(SCCOS(C)(=O)=O)c1C. The number of rotatable bonds is 7. The molecule has 0 unspecified atom stereocenters. The maximum absolute atomic E-state index is 13.1. The summed E-state index contributed by atoms with van der Waals surface area (Å²) in [6.45, 7) is 2.81. The number of aromatic nitrogens is 2. The molecule has 0 N–H and O–H groups in total. The molecular formula is C16H17FN2O5S2. The van der Waals surface area contributed by atoms with Crippen molar-refractivity contribution >= 4 is 27.7 Å². The Kier molecular flexibility index (Phi) is 6.32. The first-order valence-corrected chi connectivity index (χ1v) is 10.3. The highest BCUT2D eigenvalue weighted by atomic mass is 32.2. The van der Waals surface area contributed by atoms with E-state index >= 15 is 0 Å². The van der Waals surface area contributed by atoms with Crippen LogP contribution in [0.3, 0.4) is 0 Å². The van der Waals surface area contributed by atoms with Crippen molar-refractivity contribution in [1.82, 2.24) is 9.78 Å². The minimum absolute atomic E-state index is 0.112. The van der Waals surface area contributed by atoms with Crippen molar-refractivity contribution in [1.29, 1.82) is 0 Å². The van der Waals surface area contributed by atoms with E-state index in [9.17, 15) is 22.4 Å². The fraction of sp³-hybridized carbons (Fsp3) is 0.312. The van der Waals surface area contributed by atoms with Gasteiger partial charge in [0.25, 0.3) is 15.7 Å². The maximum Gasteiger partial charge on any atom is 0.285 e. The van der Waals surface area contributed by atoms with Crippen molar-refractivity contribution in [3.63, 3.8) is 0 Å². The number of halogens is 1. The topological polar surface area (TPSA) is 95.3 Å². The fourth-order valence-electron chi connectivity index (χ4n) is 2.18. The first kappa shape index (κ1) is 20.3. The number of carbonyl (C=O) groups excluding carboxylic acids is 1. The third kappa shape index (κ3) is 4.99. The van der Waals surface area contributed by atoms with E-state index < -0.39 is 21.5 Å². The number of hydrogen-bond donors (Lipinski definition) is 0. The zero-order chi connectivity index (χ0) is 19.5. The smallest absolute Gasteiger partial charge is 0.285 e. The summed E-state index contributed by atoms with van der Waals surface area (Å²) >= 11 is 1.07. The van der Waals surface area contributed by atoms with E-state index in [0.29, 0.717) is 11.3 Å². The summed E-state index contributed by atoms with van der Waals surface area (Å²) in [5.41, 5.74) is 0.349. The molecule has 0 saturated carbocycles. The quantitative estimate of drug-likeness (QED) is 0.303. The van der Waals surface area contributed by atoms with Crippen LogP contribution in [-0.2, 0) is 14.3 Å². The summed E-state index contributed by atoms with van der Waals surface area (Å²) in [6.07, 6.45) is 0.935. The second kappa shape index (κ2) is 8.11. The average molecular weight is 400 g/mol. The first-order valence-electron chi connectivity index (χ1n) is 7.48. The molecule has 0 atom stereocenters. The van der Waals surface area contributed by atoms with Crippen LogP contribution < -0.4 is 5.56 Å².